The van der Waals surface area contributed by atoms with Crippen LogP contribution in [0.3, 0.4) is 0 Å². The van der Waals surface area contributed by atoms with E-state index in [1.165, 1.54) is 18.5 Å². The molecule has 0 fully saturated rings. The smallest absolute Gasteiger partial charge is 0.170 e. The molecule has 0 saturated carbocycles. The van der Waals surface area contributed by atoms with Crippen molar-refractivity contribution in [1.29, 1.82) is 0 Å². The largest absolute Gasteiger partial charge is 0.335 e. The van der Waals surface area contributed by atoms with Gasteiger partial charge in [-0.05, 0) is 32.9 Å². The van der Waals surface area contributed by atoms with Gasteiger partial charge in [0, 0.05) is 30.0 Å². The van der Waals surface area contributed by atoms with Crippen LogP contribution in [-0.2, 0) is 6.54 Å². The van der Waals surface area contributed by atoms with Crippen LogP contribution >= 0.6 is 0 Å². The van der Waals surface area contributed by atoms with Crippen molar-refractivity contribution < 1.29 is 8.78 Å². The molecule has 0 spiro atoms. The fraction of sp³-hybridized carbons (Fsp3) is 0.333. The number of halogens is 2. The molecule has 21 heavy (non-hydrogen) atoms. The minimum atomic E-state index is -0.558. The number of hydrogen-bond acceptors (Lipinski definition) is 4. The van der Waals surface area contributed by atoms with Gasteiger partial charge in [0.2, 0.25) is 0 Å². The third-order valence-electron chi connectivity index (χ3n) is 2.80. The lowest BCUT2D eigenvalue weighted by atomic mass is 10.1. The normalized spacial score (nSPS) is 11.5. The lowest BCUT2D eigenvalue weighted by molar-refractivity contribution is 0.418. The monoisotopic (exact) mass is 292 g/mol. The van der Waals surface area contributed by atoms with E-state index in [0.717, 1.165) is 6.20 Å². The number of hydrogen-bond donors (Lipinski definition) is 2. The van der Waals surface area contributed by atoms with Crippen molar-refractivity contribution in [3.8, 4) is 0 Å². The summed E-state index contributed by atoms with van der Waals surface area (Å²) in [5, 5.41) is 5.85. The Balaban J connectivity index is 2.20. The number of anilines is 2. The molecular weight excluding hydrogens is 274 g/mol. The summed E-state index contributed by atoms with van der Waals surface area (Å²) in [6.07, 6.45) is 3.98. The van der Waals surface area contributed by atoms with E-state index in [9.17, 15) is 8.78 Å². The van der Waals surface area contributed by atoms with Gasteiger partial charge in [-0.25, -0.2) is 13.8 Å². The molecule has 0 aliphatic heterocycles. The predicted molar refractivity (Wildman–Crippen MR) is 78.3 cm³/mol. The van der Waals surface area contributed by atoms with Crippen molar-refractivity contribution >= 4 is 11.5 Å². The van der Waals surface area contributed by atoms with Gasteiger partial charge in [0.05, 0.1) is 11.9 Å². The van der Waals surface area contributed by atoms with Gasteiger partial charge < -0.3 is 10.6 Å². The Hall–Kier alpha value is -2.08. The summed E-state index contributed by atoms with van der Waals surface area (Å²) in [6.45, 7) is 6.36. The standard InChI is InChI=1S/C15H18F2N4/c1-15(2,3)20-8-10-4-7-19-14(13(10)17)21-12-5-6-18-9-11(12)16/h4-7,9,20H,8H2,1-3H3,(H,18,19,21). The molecule has 2 heterocycles. The van der Waals surface area contributed by atoms with Crippen LogP contribution in [-0.4, -0.2) is 15.5 Å². The van der Waals surface area contributed by atoms with Gasteiger partial charge in [-0.1, -0.05) is 0 Å². The van der Waals surface area contributed by atoms with Crippen molar-refractivity contribution in [2.45, 2.75) is 32.9 Å². The summed E-state index contributed by atoms with van der Waals surface area (Å²) in [5.41, 5.74) is 0.481. The topological polar surface area (TPSA) is 49.8 Å². The molecule has 0 saturated heterocycles. The molecule has 0 aliphatic carbocycles. The molecule has 112 valence electrons. The highest BCUT2D eigenvalue weighted by atomic mass is 19.1. The molecule has 0 bridgehead atoms. The Morgan fingerprint density at radius 3 is 2.57 bits per heavy atom. The van der Waals surface area contributed by atoms with E-state index < -0.39 is 11.6 Å². The highest BCUT2D eigenvalue weighted by Crippen LogP contribution is 2.21. The summed E-state index contributed by atoms with van der Waals surface area (Å²) in [6, 6.07) is 3.03. The first-order chi connectivity index (χ1) is 9.87. The molecule has 0 aromatic carbocycles. The summed E-state index contributed by atoms with van der Waals surface area (Å²) >= 11 is 0. The fourth-order valence-corrected chi connectivity index (χ4v) is 1.67. The van der Waals surface area contributed by atoms with Crippen molar-refractivity contribution in [3.63, 3.8) is 0 Å². The average molecular weight is 292 g/mol. The van der Waals surface area contributed by atoms with E-state index in [0.29, 0.717) is 12.1 Å². The van der Waals surface area contributed by atoms with Crippen LogP contribution in [0.5, 0.6) is 0 Å². The zero-order chi connectivity index (χ0) is 15.5. The average Bonchev–Trinajstić information content (AvgIpc) is 2.41. The number of pyridine rings is 2. The molecule has 4 nitrogen and oxygen atoms in total. The first kappa shape index (κ1) is 15.3. The van der Waals surface area contributed by atoms with Gasteiger partial charge in [0.25, 0.3) is 0 Å². The lowest BCUT2D eigenvalue weighted by Gasteiger charge is -2.21. The second-order valence-electron chi connectivity index (χ2n) is 5.72. The molecule has 2 aromatic heterocycles. The van der Waals surface area contributed by atoms with E-state index in [1.54, 1.807) is 6.07 Å². The third-order valence-corrected chi connectivity index (χ3v) is 2.80. The summed E-state index contributed by atoms with van der Waals surface area (Å²) in [5.74, 6) is -1.06. The second-order valence-corrected chi connectivity index (χ2v) is 5.72. The van der Waals surface area contributed by atoms with Crippen LogP contribution in [0.4, 0.5) is 20.3 Å². The number of nitrogens with one attached hydrogen (secondary N) is 2. The van der Waals surface area contributed by atoms with Crippen molar-refractivity contribution in [2.24, 2.45) is 0 Å². The second kappa shape index (κ2) is 6.13. The van der Waals surface area contributed by atoms with E-state index in [2.05, 4.69) is 20.6 Å². The molecule has 0 amide bonds. The number of rotatable bonds is 4. The first-order valence-electron chi connectivity index (χ1n) is 6.62. The van der Waals surface area contributed by atoms with Gasteiger partial charge >= 0.3 is 0 Å². The minimum Gasteiger partial charge on any atom is -0.335 e. The van der Waals surface area contributed by atoms with E-state index in [1.807, 2.05) is 20.8 Å². The molecule has 0 aliphatic rings. The van der Waals surface area contributed by atoms with Crippen molar-refractivity contribution in [2.75, 3.05) is 5.32 Å². The van der Waals surface area contributed by atoms with Gasteiger partial charge in [-0.15, -0.1) is 0 Å². The highest BCUT2D eigenvalue weighted by Gasteiger charge is 2.14. The molecule has 2 N–H and O–H groups in total. The lowest BCUT2D eigenvalue weighted by Crippen LogP contribution is -2.35. The molecule has 2 rings (SSSR count). The fourth-order valence-electron chi connectivity index (χ4n) is 1.67. The zero-order valence-corrected chi connectivity index (χ0v) is 12.2. The SMILES string of the molecule is CC(C)(C)NCc1ccnc(Nc2ccncc2F)c1F. The Morgan fingerprint density at radius 2 is 1.90 bits per heavy atom. The van der Waals surface area contributed by atoms with Gasteiger partial charge in [0.15, 0.2) is 17.5 Å². The van der Waals surface area contributed by atoms with Crippen LogP contribution in [0.25, 0.3) is 0 Å². The molecule has 0 unspecified atom stereocenters. The Morgan fingerprint density at radius 1 is 1.14 bits per heavy atom. The van der Waals surface area contributed by atoms with Gasteiger partial charge in [-0.3, -0.25) is 4.98 Å². The van der Waals surface area contributed by atoms with E-state index in [4.69, 9.17) is 0 Å². The van der Waals surface area contributed by atoms with Gasteiger partial charge in [0.1, 0.15) is 0 Å². The quantitative estimate of drug-likeness (QED) is 0.907. The van der Waals surface area contributed by atoms with Crippen LogP contribution in [0.2, 0.25) is 0 Å². The van der Waals surface area contributed by atoms with E-state index in [-0.39, 0.29) is 17.0 Å². The molecule has 0 radical (unpaired) electrons. The van der Waals surface area contributed by atoms with Gasteiger partial charge in [-0.2, -0.15) is 0 Å². The molecular formula is C15H18F2N4. The maximum absolute atomic E-state index is 14.4. The predicted octanol–water partition coefficient (Wildman–Crippen LogP) is 3.39. The number of aromatic nitrogens is 2. The summed E-state index contributed by atoms with van der Waals surface area (Å²) < 4.78 is 27.9. The zero-order valence-electron chi connectivity index (χ0n) is 12.2. The van der Waals surface area contributed by atoms with Crippen molar-refractivity contribution in [1.82, 2.24) is 15.3 Å². The Bertz CT molecular complexity index is 623. The van der Waals surface area contributed by atoms with E-state index >= 15 is 0 Å². The van der Waals surface area contributed by atoms with Crippen LogP contribution < -0.4 is 10.6 Å². The van der Waals surface area contributed by atoms with Crippen LogP contribution in [0.15, 0.2) is 30.7 Å². The van der Waals surface area contributed by atoms with Crippen LogP contribution in [0, 0.1) is 11.6 Å². The summed E-state index contributed by atoms with van der Waals surface area (Å²) in [7, 11) is 0. The highest BCUT2D eigenvalue weighted by molar-refractivity contribution is 5.57. The Kier molecular flexibility index (Phi) is 4.47. The minimum absolute atomic E-state index is 0.00620. The van der Waals surface area contributed by atoms with Crippen molar-refractivity contribution in [3.05, 3.63) is 47.9 Å². The molecule has 2 aromatic rings. The maximum Gasteiger partial charge on any atom is 0.170 e. The maximum atomic E-state index is 14.4. The van der Waals surface area contributed by atoms with Crippen LogP contribution in [0.1, 0.15) is 26.3 Å². The first-order valence-corrected chi connectivity index (χ1v) is 6.62. The number of nitrogens with zero attached hydrogens (tertiary/aromatic N) is 2. The Labute approximate surface area is 122 Å². The third kappa shape index (κ3) is 4.19. The molecule has 0 atom stereocenters. The summed E-state index contributed by atoms with van der Waals surface area (Å²) in [4.78, 5) is 7.56. The molecule has 6 heteroatoms.